The van der Waals surface area contributed by atoms with E-state index in [1.807, 2.05) is 12.3 Å². The predicted octanol–water partition coefficient (Wildman–Crippen LogP) is 1.67. The first-order valence-corrected chi connectivity index (χ1v) is 5.45. The second kappa shape index (κ2) is 5.83. The topological polar surface area (TPSA) is 42.1 Å². The molecule has 3 heteroatoms. The van der Waals surface area contributed by atoms with Crippen molar-refractivity contribution in [2.75, 3.05) is 20.1 Å². The molecule has 15 heavy (non-hydrogen) atoms. The van der Waals surface area contributed by atoms with E-state index in [-0.39, 0.29) is 6.04 Å². The number of nitrogens with two attached hydrogens (primary N) is 1. The van der Waals surface area contributed by atoms with E-state index in [1.54, 1.807) is 6.20 Å². The number of pyridine rings is 1. The van der Waals surface area contributed by atoms with Crippen molar-refractivity contribution in [2.24, 2.45) is 11.7 Å². The van der Waals surface area contributed by atoms with E-state index in [4.69, 9.17) is 5.73 Å². The molecule has 0 radical (unpaired) electrons. The average Bonchev–Trinajstić information content (AvgIpc) is 2.19. The first-order valence-electron chi connectivity index (χ1n) is 5.45. The fourth-order valence-corrected chi connectivity index (χ4v) is 1.85. The number of aromatic nitrogens is 1. The van der Waals surface area contributed by atoms with Crippen LogP contribution in [0.4, 0.5) is 0 Å². The van der Waals surface area contributed by atoms with E-state index in [0.29, 0.717) is 12.5 Å². The molecule has 0 saturated heterocycles. The van der Waals surface area contributed by atoms with Crippen LogP contribution in [0.25, 0.3) is 0 Å². The predicted molar refractivity (Wildman–Crippen MR) is 63.5 cm³/mol. The standard InChI is InChI=1S/C12H21N3/c1-10(2)9-15(3)12(7-13)11-5-4-6-14-8-11/h4-6,8,10,12H,7,9,13H2,1-3H3. The normalized spacial score (nSPS) is 13.5. The molecule has 1 rings (SSSR count). The average molecular weight is 207 g/mol. The molecule has 1 unspecified atom stereocenters. The number of hydrogen-bond acceptors (Lipinski definition) is 3. The van der Waals surface area contributed by atoms with Gasteiger partial charge in [-0.05, 0) is 24.6 Å². The van der Waals surface area contributed by atoms with Gasteiger partial charge in [0.25, 0.3) is 0 Å². The molecular weight excluding hydrogens is 186 g/mol. The van der Waals surface area contributed by atoms with Gasteiger partial charge in [-0.3, -0.25) is 9.88 Å². The Bertz CT molecular complexity index is 271. The summed E-state index contributed by atoms with van der Waals surface area (Å²) in [6.07, 6.45) is 3.69. The van der Waals surface area contributed by atoms with Gasteiger partial charge in [-0.1, -0.05) is 19.9 Å². The summed E-state index contributed by atoms with van der Waals surface area (Å²) in [5.41, 5.74) is 7.01. The fourth-order valence-electron chi connectivity index (χ4n) is 1.85. The summed E-state index contributed by atoms with van der Waals surface area (Å²) in [5.74, 6) is 0.653. The summed E-state index contributed by atoms with van der Waals surface area (Å²) in [6.45, 7) is 6.12. The van der Waals surface area contributed by atoms with Gasteiger partial charge in [0.05, 0.1) is 0 Å². The minimum atomic E-state index is 0.279. The van der Waals surface area contributed by atoms with Crippen molar-refractivity contribution in [1.82, 2.24) is 9.88 Å². The second-order valence-electron chi connectivity index (χ2n) is 4.37. The van der Waals surface area contributed by atoms with Gasteiger partial charge in [-0.2, -0.15) is 0 Å². The lowest BCUT2D eigenvalue weighted by Gasteiger charge is -2.28. The molecule has 0 aliphatic heterocycles. The molecule has 0 aliphatic rings. The van der Waals surface area contributed by atoms with E-state index in [0.717, 1.165) is 6.54 Å². The van der Waals surface area contributed by atoms with Gasteiger partial charge in [0, 0.05) is 31.5 Å². The zero-order valence-corrected chi connectivity index (χ0v) is 9.85. The van der Waals surface area contributed by atoms with Crippen LogP contribution in [0.15, 0.2) is 24.5 Å². The quantitative estimate of drug-likeness (QED) is 0.798. The Hall–Kier alpha value is -0.930. The Morgan fingerprint density at radius 2 is 2.20 bits per heavy atom. The molecule has 2 N–H and O–H groups in total. The summed E-state index contributed by atoms with van der Waals surface area (Å²) in [5, 5.41) is 0. The third kappa shape index (κ3) is 3.61. The lowest BCUT2D eigenvalue weighted by molar-refractivity contribution is 0.223. The van der Waals surface area contributed by atoms with E-state index in [1.165, 1.54) is 5.56 Å². The van der Waals surface area contributed by atoms with E-state index < -0.39 is 0 Å². The molecule has 3 nitrogen and oxygen atoms in total. The Labute approximate surface area is 92.3 Å². The van der Waals surface area contributed by atoms with Crippen molar-refractivity contribution in [3.8, 4) is 0 Å². The molecule has 0 saturated carbocycles. The number of hydrogen-bond donors (Lipinski definition) is 1. The zero-order valence-electron chi connectivity index (χ0n) is 9.85. The van der Waals surface area contributed by atoms with Crippen molar-refractivity contribution in [1.29, 1.82) is 0 Å². The Balaban J connectivity index is 2.71. The minimum Gasteiger partial charge on any atom is -0.329 e. The molecule has 0 aliphatic carbocycles. The fraction of sp³-hybridized carbons (Fsp3) is 0.583. The van der Waals surface area contributed by atoms with Gasteiger partial charge in [0.2, 0.25) is 0 Å². The van der Waals surface area contributed by atoms with Crippen molar-refractivity contribution in [2.45, 2.75) is 19.9 Å². The highest BCUT2D eigenvalue weighted by Crippen LogP contribution is 2.17. The smallest absolute Gasteiger partial charge is 0.0482 e. The van der Waals surface area contributed by atoms with Gasteiger partial charge in [0.1, 0.15) is 0 Å². The molecule has 0 fully saturated rings. The van der Waals surface area contributed by atoms with Crippen LogP contribution in [0.3, 0.4) is 0 Å². The largest absolute Gasteiger partial charge is 0.329 e. The molecule has 1 atom stereocenters. The van der Waals surface area contributed by atoms with Crippen LogP contribution in [-0.2, 0) is 0 Å². The molecule has 0 amide bonds. The third-order valence-corrected chi connectivity index (χ3v) is 2.48. The lowest BCUT2D eigenvalue weighted by atomic mass is 10.1. The summed E-state index contributed by atoms with van der Waals surface area (Å²) in [6, 6.07) is 4.32. The highest BCUT2D eigenvalue weighted by Gasteiger charge is 2.15. The Morgan fingerprint density at radius 3 is 2.67 bits per heavy atom. The first kappa shape index (κ1) is 12.1. The number of nitrogens with zero attached hydrogens (tertiary/aromatic N) is 2. The summed E-state index contributed by atoms with van der Waals surface area (Å²) in [4.78, 5) is 6.43. The van der Waals surface area contributed by atoms with Gasteiger partial charge >= 0.3 is 0 Å². The number of rotatable bonds is 5. The molecule has 1 heterocycles. The molecule has 0 bridgehead atoms. The zero-order chi connectivity index (χ0) is 11.3. The van der Waals surface area contributed by atoms with Gasteiger partial charge in [-0.15, -0.1) is 0 Å². The Morgan fingerprint density at radius 1 is 1.47 bits per heavy atom. The first-order chi connectivity index (χ1) is 7.15. The van der Waals surface area contributed by atoms with Crippen molar-refractivity contribution < 1.29 is 0 Å². The maximum atomic E-state index is 5.81. The van der Waals surface area contributed by atoms with Crippen LogP contribution in [0.2, 0.25) is 0 Å². The summed E-state index contributed by atoms with van der Waals surface area (Å²) in [7, 11) is 2.12. The molecule has 0 spiro atoms. The van der Waals surface area contributed by atoms with Crippen LogP contribution in [0.1, 0.15) is 25.5 Å². The van der Waals surface area contributed by atoms with Crippen LogP contribution in [0, 0.1) is 5.92 Å². The third-order valence-electron chi connectivity index (χ3n) is 2.48. The van der Waals surface area contributed by atoms with Crippen LogP contribution in [-0.4, -0.2) is 30.0 Å². The van der Waals surface area contributed by atoms with Crippen LogP contribution >= 0.6 is 0 Å². The molecular formula is C12H21N3. The van der Waals surface area contributed by atoms with Crippen molar-refractivity contribution >= 4 is 0 Å². The van der Waals surface area contributed by atoms with Crippen molar-refractivity contribution in [3.05, 3.63) is 30.1 Å². The SMILES string of the molecule is CC(C)CN(C)C(CN)c1cccnc1. The van der Waals surface area contributed by atoms with Crippen LogP contribution in [0.5, 0.6) is 0 Å². The second-order valence-corrected chi connectivity index (χ2v) is 4.37. The van der Waals surface area contributed by atoms with Crippen molar-refractivity contribution in [3.63, 3.8) is 0 Å². The highest BCUT2D eigenvalue weighted by atomic mass is 15.1. The van der Waals surface area contributed by atoms with E-state index in [9.17, 15) is 0 Å². The van der Waals surface area contributed by atoms with Gasteiger partial charge < -0.3 is 5.73 Å². The Kier molecular flexibility index (Phi) is 4.72. The van der Waals surface area contributed by atoms with E-state index in [2.05, 4.69) is 36.8 Å². The monoisotopic (exact) mass is 207 g/mol. The van der Waals surface area contributed by atoms with Gasteiger partial charge in [0.15, 0.2) is 0 Å². The molecule has 84 valence electrons. The van der Waals surface area contributed by atoms with Crippen LogP contribution < -0.4 is 5.73 Å². The molecule has 1 aromatic heterocycles. The lowest BCUT2D eigenvalue weighted by Crippen LogP contribution is -2.33. The summed E-state index contributed by atoms with van der Waals surface area (Å²) < 4.78 is 0. The minimum absolute atomic E-state index is 0.279. The van der Waals surface area contributed by atoms with E-state index >= 15 is 0 Å². The maximum Gasteiger partial charge on any atom is 0.0482 e. The maximum absolute atomic E-state index is 5.81. The molecule has 0 aromatic carbocycles. The van der Waals surface area contributed by atoms with Gasteiger partial charge in [-0.25, -0.2) is 0 Å². The molecule has 1 aromatic rings. The summed E-state index contributed by atoms with van der Waals surface area (Å²) >= 11 is 0. The highest BCUT2D eigenvalue weighted by molar-refractivity contribution is 5.14. The number of likely N-dealkylation sites (N-methyl/N-ethyl adjacent to an activating group) is 1.